The van der Waals surface area contributed by atoms with Crippen molar-refractivity contribution >= 4 is 17.4 Å². The number of aliphatic hydroxyl groups excluding tert-OH is 1. The van der Waals surface area contributed by atoms with Gasteiger partial charge in [0.25, 0.3) is 5.56 Å². The number of fused-ring (bicyclic) bond motifs is 1. The van der Waals surface area contributed by atoms with Crippen LogP contribution < -0.4 is 16.2 Å². The van der Waals surface area contributed by atoms with E-state index >= 15 is 0 Å². The number of pyridine rings is 3. The molecule has 0 spiro atoms. The van der Waals surface area contributed by atoms with Gasteiger partial charge in [0.1, 0.15) is 5.82 Å². The number of aromatic nitrogens is 5. The van der Waals surface area contributed by atoms with Gasteiger partial charge in [0.05, 0.1) is 18.0 Å². The van der Waals surface area contributed by atoms with Crippen LogP contribution in [0.5, 0.6) is 0 Å². The topological polar surface area (TPSA) is 109 Å². The Labute approximate surface area is 184 Å². The molecule has 0 aliphatic heterocycles. The second-order valence-corrected chi connectivity index (χ2v) is 8.18. The molecule has 4 aromatic heterocycles. The molecule has 0 aromatic carbocycles. The van der Waals surface area contributed by atoms with E-state index in [2.05, 4.69) is 25.7 Å². The van der Waals surface area contributed by atoms with Gasteiger partial charge in [-0.05, 0) is 62.1 Å². The zero-order valence-electron chi connectivity index (χ0n) is 17.7. The van der Waals surface area contributed by atoms with E-state index in [0.29, 0.717) is 17.6 Å². The van der Waals surface area contributed by atoms with Gasteiger partial charge in [0.2, 0.25) is 5.95 Å². The Morgan fingerprint density at radius 2 is 1.94 bits per heavy atom. The average Bonchev–Trinajstić information content (AvgIpc) is 3.40. The molecule has 1 fully saturated rings. The summed E-state index contributed by atoms with van der Waals surface area (Å²) in [5.74, 6) is 1.38. The predicted molar refractivity (Wildman–Crippen MR) is 122 cm³/mol. The predicted octanol–water partition coefficient (Wildman–Crippen LogP) is 2.77. The molecule has 9 nitrogen and oxygen atoms in total. The monoisotopic (exact) mass is 431 g/mol. The normalized spacial score (nSPS) is 19.2. The molecule has 5 rings (SSSR count). The van der Waals surface area contributed by atoms with Crippen LogP contribution in [0.1, 0.15) is 37.9 Å². The fourth-order valence-corrected chi connectivity index (χ4v) is 4.11. The van der Waals surface area contributed by atoms with Crippen LogP contribution in [0.15, 0.2) is 65.8 Å². The van der Waals surface area contributed by atoms with E-state index in [1.54, 1.807) is 34.5 Å². The van der Waals surface area contributed by atoms with Crippen molar-refractivity contribution in [2.75, 3.05) is 10.6 Å². The van der Waals surface area contributed by atoms with Crippen LogP contribution in [0.3, 0.4) is 0 Å². The lowest BCUT2D eigenvalue weighted by atomic mass is 10.2. The maximum Gasteiger partial charge on any atom is 0.255 e. The number of anilines is 2. The summed E-state index contributed by atoms with van der Waals surface area (Å²) in [5, 5.41) is 21.2. The maximum absolute atomic E-state index is 12.0. The largest absolute Gasteiger partial charge is 0.389 e. The lowest BCUT2D eigenvalue weighted by Gasteiger charge is -2.15. The van der Waals surface area contributed by atoms with Gasteiger partial charge in [-0.15, -0.1) is 5.10 Å². The van der Waals surface area contributed by atoms with Crippen molar-refractivity contribution in [2.45, 2.75) is 44.4 Å². The zero-order valence-corrected chi connectivity index (χ0v) is 17.7. The highest BCUT2D eigenvalue weighted by Crippen LogP contribution is 2.25. The van der Waals surface area contributed by atoms with Gasteiger partial charge in [-0.3, -0.25) is 9.36 Å². The number of hydrogen-bond donors (Lipinski definition) is 3. The van der Waals surface area contributed by atoms with E-state index in [1.165, 1.54) is 6.07 Å². The number of nitrogens with zero attached hydrogens (tertiary/aromatic N) is 5. The fourth-order valence-electron chi connectivity index (χ4n) is 4.11. The van der Waals surface area contributed by atoms with Crippen LogP contribution in [0.4, 0.5) is 11.8 Å². The average molecular weight is 432 g/mol. The molecule has 3 N–H and O–H groups in total. The Balaban J connectivity index is 1.20. The van der Waals surface area contributed by atoms with Crippen LogP contribution in [0.25, 0.3) is 11.3 Å². The second kappa shape index (κ2) is 8.43. The van der Waals surface area contributed by atoms with E-state index in [-0.39, 0.29) is 11.6 Å². The van der Waals surface area contributed by atoms with Gasteiger partial charge in [-0.2, -0.15) is 4.98 Å². The number of rotatable bonds is 6. The van der Waals surface area contributed by atoms with Crippen molar-refractivity contribution < 1.29 is 5.11 Å². The third-order valence-corrected chi connectivity index (χ3v) is 5.81. The van der Waals surface area contributed by atoms with E-state index in [0.717, 1.165) is 36.3 Å². The first-order valence-corrected chi connectivity index (χ1v) is 10.8. The molecule has 1 aliphatic carbocycles. The van der Waals surface area contributed by atoms with Gasteiger partial charge in [-0.25, -0.2) is 9.50 Å². The van der Waals surface area contributed by atoms with Crippen LogP contribution >= 0.6 is 0 Å². The van der Waals surface area contributed by atoms with Crippen molar-refractivity contribution in [3.05, 3.63) is 77.0 Å². The van der Waals surface area contributed by atoms with E-state index < -0.39 is 6.10 Å². The van der Waals surface area contributed by atoms with Crippen LogP contribution in [0, 0.1) is 0 Å². The first kappa shape index (κ1) is 20.2. The molecule has 1 unspecified atom stereocenters. The molecule has 1 aliphatic rings. The maximum atomic E-state index is 12.0. The highest BCUT2D eigenvalue weighted by atomic mass is 16.3. The minimum atomic E-state index is -0.536. The minimum absolute atomic E-state index is 0.0811. The van der Waals surface area contributed by atoms with Gasteiger partial charge < -0.3 is 15.7 Å². The lowest BCUT2D eigenvalue weighted by Crippen LogP contribution is -2.21. The summed E-state index contributed by atoms with van der Waals surface area (Å²) in [6.07, 6.45) is 7.66. The summed E-state index contributed by atoms with van der Waals surface area (Å²) in [6, 6.07) is 13.1. The summed E-state index contributed by atoms with van der Waals surface area (Å²) < 4.78 is 3.28. The third kappa shape index (κ3) is 4.19. The van der Waals surface area contributed by atoms with Crippen LogP contribution in [-0.2, 0) is 0 Å². The van der Waals surface area contributed by atoms with Crippen molar-refractivity contribution in [1.29, 1.82) is 0 Å². The Hall–Kier alpha value is -3.72. The highest BCUT2D eigenvalue weighted by molar-refractivity contribution is 5.46. The quantitative estimate of drug-likeness (QED) is 0.431. The number of nitrogens with one attached hydrogen (secondary N) is 2. The summed E-state index contributed by atoms with van der Waals surface area (Å²) in [7, 11) is 0. The molecule has 0 amide bonds. The first-order valence-electron chi connectivity index (χ1n) is 10.8. The van der Waals surface area contributed by atoms with Crippen LogP contribution in [0.2, 0.25) is 0 Å². The van der Waals surface area contributed by atoms with Crippen molar-refractivity contribution in [3.63, 3.8) is 0 Å². The molecule has 0 saturated heterocycles. The van der Waals surface area contributed by atoms with Crippen molar-refractivity contribution in [3.8, 4) is 5.69 Å². The summed E-state index contributed by atoms with van der Waals surface area (Å²) in [5.41, 5.74) is 2.18. The lowest BCUT2D eigenvalue weighted by molar-refractivity contribution is 0.199. The van der Waals surface area contributed by atoms with E-state index in [1.807, 2.05) is 36.5 Å². The molecular formula is C23H25N7O2. The molecule has 4 aromatic rings. The molecule has 32 heavy (non-hydrogen) atoms. The molecular weight excluding hydrogens is 406 g/mol. The SMILES string of the molecule is CC(O)c1ccn2nc(N[C@H]3CC[C@H](Nc4ccc(-n5ccccc5=O)cn4)C3)nc2c1. The number of hydrogen-bond acceptors (Lipinski definition) is 7. The van der Waals surface area contributed by atoms with Gasteiger partial charge in [0, 0.05) is 30.5 Å². The smallest absolute Gasteiger partial charge is 0.255 e. The molecule has 1 saturated carbocycles. The molecule has 164 valence electrons. The standard InChI is InChI=1S/C23H25N7O2/c1-15(31)16-9-11-30-21(12-16)27-23(28-30)26-18-6-5-17(13-18)25-20-8-7-19(14-24-20)29-10-3-2-4-22(29)32/h2-4,7-12,14-15,17-18,31H,5-6,13H2,1H3,(H,24,25)(H,26,28)/t15?,17-,18-/m0/s1. The minimum Gasteiger partial charge on any atom is -0.389 e. The van der Waals surface area contributed by atoms with E-state index in [4.69, 9.17) is 0 Å². The molecule has 9 heteroatoms. The summed E-state index contributed by atoms with van der Waals surface area (Å²) in [6.45, 7) is 1.73. The van der Waals surface area contributed by atoms with Crippen molar-refractivity contribution in [2.24, 2.45) is 0 Å². The summed E-state index contributed by atoms with van der Waals surface area (Å²) in [4.78, 5) is 21.0. The Kier molecular flexibility index (Phi) is 5.32. The van der Waals surface area contributed by atoms with Crippen molar-refractivity contribution in [1.82, 2.24) is 24.1 Å². The Bertz CT molecular complexity index is 1280. The Morgan fingerprint density at radius 1 is 1.09 bits per heavy atom. The van der Waals surface area contributed by atoms with E-state index in [9.17, 15) is 9.90 Å². The Morgan fingerprint density at radius 3 is 2.69 bits per heavy atom. The zero-order chi connectivity index (χ0) is 22.1. The molecule has 4 heterocycles. The first-order chi connectivity index (χ1) is 15.5. The molecule has 0 radical (unpaired) electrons. The second-order valence-electron chi connectivity index (χ2n) is 8.18. The fraction of sp³-hybridized carbons (Fsp3) is 0.304. The van der Waals surface area contributed by atoms with Gasteiger partial charge in [-0.1, -0.05) is 6.07 Å². The molecule has 3 atom stereocenters. The number of aliphatic hydroxyl groups is 1. The van der Waals surface area contributed by atoms with Gasteiger partial charge >= 0.3 is 0 Å². The highest BCUT2D eigenvalue weighted by Gasteiger charge is 2.25. The summed E-state index contributed by atoms with van der Waals surface area (Å²) >= 11 is 0. The molecule has 0 bridgehead atoms. The van der Waals surface area contributed by atoms with Gasteiger partial charge in [0.15, 0.2) is 5.65 Å². The van der Waals surface area contributed by atoms with Crippen LogP contribution in [-0.4, -0.2) is 41.3 Å². The third-order valence-electron chi connectivity index (χ3n) is 5.81.